The van der Waals surface area contributed by atoms with Crippen LogP contribution in [0.4, 0.5) is 5.95 Å². The van der Waals surface area contributed by atoms with E-state index in [0.717, 1.165) is 30.1 Å². The maximum absolute atomic E-state index is 4.53. The Morgan fingerprint density at radius 2 is 2.12 bits per heavy atom. The Morgan fingerprint density at radius 1 is 1.31 bits per heavy atom. The Morgan fingerprint density at radius 3 is 2.88 bits per heavy atom. The molecule has 1 aliphatic rings. The molecule has 0 atom stereocenters. The molecule has 0 aliphatic carbocycles. The molecule has 0 radical (unpaired) electrons. The van der Waals surface area contributed by atoms with Gasteiger partial charge in [0.2, 0.25) is 5.95 Å². The van der Waals surface area contributed by atoms with E-state index in [-0.39, 0.29) is 6.29 Å². The number of hydrogen-bond acceptors (Lipinski definition) is 4. The van der Waals surface area contributed by atoms with E-state index in [1.807, 2.05) is 12.1 Å². The Hall–Kier alpha value is -1.59. The van der Waals surface area contributed by atoms with Crippen LogP contribution >= 0.6 is 0 Å². The van der Waals surface area contributed by atoms with Crippen LogP contribution in [0.5, 0.6) is 0 Å². The standard InChI is InChI=1S/C11H15N5/c1-7-3-2-4-8-9(7)15-11(14-8)16-10-12-5-6-13-10/h2-4,10,12-13H,5-6H2,1H3,(H2,14,15,16). The summed E-state index contributed by atoms with van der Waals surface area (Å²) in [6.45, 7) is 4.03. The Balaban J connectivity index is 1.90. The molecular formula is C11H15N5. The number of nitrogens with zero attached hydrogens (tertiary/aromatic N) is 1. The molecule has 4 N–H and O–H groups in total. The van der Waals surface area contributed by atoms with Gasteiger partial charge in [0.05, 0.1) is 11.0 Å². The summed E-state index contributed by atoms with van der Waals surface area (Å²) in [5, 5.41) is 9.83. The smallest absolute Gasteiger partial charge is 0.203 e. The Bertz CT molecular complexity index is 498. The third kappa shape index (κ3) is 1.64. The van der Waals surface area contributed by atoms with E-state index in [0.29, 0.717) is 0 Å². The van der Waals surface area contributed by atoms with Crippen molar-refractivity contribution < 1.29 is 0 Å². The predicted octanol–water partition coefficient (Wildman–Crippen LogP) is 0.760. The van der Waals surface area contributed by atoms with Gasteiger partial charge in [0.15, 0.2) is 0 Å². The normalized spacial score (nSPS) is 17.1. The molecular weight excluding hydrogens is 202 g/mol. The molecule has 0 saturated carbocycles. The molecule has 2 aromatic rings. The molecule has 5 heteroatoms. The number of hydrogen-bond donors (Lipinski definition) is 4. The first kappa shape index (κ1) is 9.62. The topological polar surface area (TPSA) is 64.8 Å². The molecule has 1 fully saturated rings. The van der Waals surface area contributed by atoms with E-state index in [2.05, 4.69) is 38.9 Å². The van der Waals surface area contributed by atoms with Gasteiger partial charge < -0.3 is 10.3 Å². The first-order chi connectivity index (χ1) is 7.83. The minimum Gasteiger partial charge on any atom is -0.328 e. The quantitative estimate of drug-likeness (QED) is 0.599. The number of rotatable bonds is 2. The lowest BCUT2D eigenvalue weighted by atomic mass is 10.2. The highest BCUT2D eigenvalue weighted by Crippen LogP contribution is 2.17. The van der Waals surface area contributed by atoms with Crippen molar-refractivity contribution in [1.82, 2.24) is 20.6 Å². The van der Waals surface area contributed by atoms with Crippen LogP contribution in [-0.4, -0.2) is 29.3 Å². The number of para-hydroxylation sites is 1. The lowest BCUT2D eigenvalue weighted by Crippen LogP contribution is -2.39. The summed E-state index contributed by atoms with van der Waals surface area (Å²) in [5.74, 6) is 0.802. The maximum Gasteiger partial charge on any atom is 0.203 e. The molecule has 16 heavy (non-hydrogen) atoms. The lowest BCUT2D eigenvalue weighted by molar-refractivity contribution is 0.616. The maximum atomic E-state index is 4.53. The molecule has 3 rings (SSSR count). The first-order valence-electron chi connectivity index (χ1n) is 5.51. The van der Waals surface area contributed by atoms with Crippen molar-refractivity contribution in [2.75, 3.05) is 18.4 Å². The van der Waals surface area contributed by atoms with Gasteiger partial charge in [0.1, 0.15) is 6.29 Å². The van der Waals surface area contributed by atoms with Crippen LogP contribution in [0, 0.1) is 6.92 Å². The number of imidazole rings is 1. The molecule has 1 aromatic heterocycles. The molecule has 1 aliphatic heterocycles. The Kier molecular flexibility index (Phi) is 2.27. The second kappa shape index (κ2) is 3.77. The zero-order valence-corrected chi connectivity index (χ0v) is 9.17. The van der Waals surface area contributed by atoms with Crippen LogP contribution in [0.1, 0.15) is 5.56 Å². The van der Waals surface area contributed by atoms with Crippen molar-refractivity contribution in [2.45, 2.75) is 13.2 Å². The number of anilines is 1. The highest BCUT2D eigenvalue weighted by molar-refractivity contribution is 5.80. The molecule has 0 unspecified atom stereocenters. The minimum absolute atomic E-state index is 0.112. The fraction of sp³-hybridized carbons (Fsp3) is 0.364. The van der Waals surface area contributed by atoms with Crippen molar-refractivity contribution in [3.8, 4) is 0 Å². The third-order valence-electron chi connectivity index (χ3n) is 2.82. The van der Waals surface area contributed by atoms with E-state index in [1.165, 1.54) is 5.56 Å². The van der Waals surface area contributed by atoms with Crippen molar-refractivity contribution in [2.24, 2.45) is 0 Å². The number of aryl methyl sites for hydroxylation is 1. The molecule has 1 saturated heterocycles. The van der Waals surface area contributed by atoms with Crippen LogP contribution in [0.2, 0.25) is 0 Å². The predicted molar refractivity (Wildman–Crippen MR) is 64.2 cm³/mol. The van der Waals surface area contributed by atoms with E-state index in [1.54, 1.807) is 0 Å². The number of aromatic nitrogens is 2. The number of nitrogens with one attached hydrogen (secondary N) is 4. The van der Waals surface area contributed by atoms with Gasteiger partial charge >= 0.3 is 0 Å². The summed E-state index contributed by atoms with van der Waals surface area (Å²) in [6.07, 6.45) is 0.112. The summed E-state index contributed by atoms with van der Waals surface area (Å²) < 4.78 is 0. The zero-order valence-electron chi connectivity index (χ0n) is 9.17. The van der Waals surface area contributed by atoms with Crippen LogP contribution < -0.4 is 16.0 Å². The highest BCUT2D eigenvalue weighted by Gasteiger charge is 2.14. The second-order valence-corrected chi connectivity index (χ2v) is 4.04. The molecule has 0 bridgehead atoms. The van der Waals surface area contributed by atoms with Gasteiger partial charge in [0.25, 0.3) is 0 Å². The molecule has 5 nitrogen and oxygen atoms in total. The molecule has 0 spiro atoms. The fourth-order valence-electron chi connectivity index (χ4n) is 1.99. The first-order valence-corrected chi connectivity index (χ1v) is 5.51. The van der Waals surface area contributed by atoms with Crippen molar-refractivity contribution in [3.63, 3.8) is 0 Å². The molecule has 0 amide bonds. The average molecular weight is 217 g/mol. The number of aromatic amines is 1. The number of H-pyrrole nitrogens is 1. The van der Waals surface area contributed by atoms with Gasteiger partial charge in [-0.3, -0.25) is 10.6 Å². The number of benzene rings is 1. The highest BCUT2D eigenvalue weighted by atomic mass is 15.4. The van der Waals surface area contributed by atoms with Crippen molar-refractivity contribution in [3.05, 3.63) is 23.8 Å². The number of fused-ring (bicyclic) bond motifs is 1. The summed E-state index contributed by atoms with van der Waals surface area (Å²) in [4.78, 5) is 7.79. The summed E-state index contributed by atoms with van der Waals surface area (Å²) >= 11 is 0. The van der Waals surface area contributed by atoms with E-state index >= 15 is 0 Å². The summed E-state index contributed by atoms with van der Waals surface area (Å²) in [5.41, 5.74) is 3.29. The minimum atomic E-state index is 0.112. The van der Waals surface area contributed by atoms with Gasteiger partial charge in [-0.2, -0.15) is 0 Å². The largest absolute Gasteiger partial charge is 0.328 e. The summed E-state index contributed by atoms with van der Waals surface area (Å²) in [6, 6.07) is 6.14. The van der Waals surface area contributed by atoms with Crippen LogP contribution in [0.15, 0.2) is 18.2 Å². The van der Waals surface area contributed by atoms with Gasteiger partial charge in [-0.15, -0.1) is 0 Å². The summed E-state index contributed by atoms with van der Waals surface area (Å²) in [7, 11) is 0. The van der Waals surface area contributed by atoms with Crippen molar-refractivity contribution >= 4 is 17.0 Å². The zero-order chi connectivity index (χ0) is 11.0. The van der Waals surface area contributed by atoms with Gasteiger partial charge in [-0.05, 0) is 18.6 Å². The van der Waals surface area contributed by atoms with Gasteiger partial charge in [-0.1, -0.05) is 12.1 Å². The second-order valence-electron chi connectivity index (χ2n) is 4.04. The van der Waals surface area contributed by atoms with Crippen LogP contribution in [0.3, 0.4) is 0 Å². The molecule has 1 aromatic carbocycles. The molecule has 84 valence electrons. The van der Waals surface area contributed by atoms with E-state index < -0.39 is 0 Å². The van der Waals surface area contributed by atoms with E-state index in [4.69, 9.17) is 0 Å². The van der Waals surface area contributed by atoms with Crippen LogP contribution in [-0.2, 0) is 0 Å². The van der Waals surface area contributed by atoms with Crippen LogP contribution in [0.25, 0.3) is 11.0 Å². The fourth-order valence-corrected chi connectivity index (χ4v) is 1.99. The van der Waals surface area contributed by atoms with Crippen molar-refractivity contribution in [1.29, 1.82) is 0 Å². The monoisotopic (exact) mass is 217 g/mol. The van der Waals surface area contributed by atoms with E-state index in [9.17, 15) is 0 Å². The van der Waals surface area contributed by atoms with Gasteiger partial charge in [-0.25, -0.2) is 4.98 Å². The van der Waals surface area contributed by atoms with Gasteiger partial charge in [0, 0.05) is 13.1 Å². The lowest BCUT2D eigenvalue weighted by Gasteiger charge is -2.11. The SMILES string of the molecule is Cc1cccc2[nH]c(NC3NCCN3)nc12. The molecule has 2 heterocycles. The average Bonchev–Trinajstić information content (AvgIpc) is 2.88. The third-order valence-corrected chi connectivity index (χ3v) is 2.82. The Labute approximate surface area is 93.6 Å².